The van der Waals surface area contributed by atoms with E-state index in [1.807, 2.05) is 47.2 Å². The van der Waals surface area contributed by atoms with E-state index in [0.717, 1.165) is 17.7 Å². The fraction of sp³-hybridized carbons (Fsp3) is 0.421. The first-order chi connectivity index (χ1) is 12.4. The lowest BCUT2D eigenvalue weighted by Gasteiger charge is -2.41. The molecule has 1 saturated heterocycles. The van der Waals surface area contributed by atoms with Crippen molar-refractivity contribution in [2.24, 2.45) is 5.92 Å². The van der Waals surface area contributed by atoms with Crippen molar-refractivity contribution in [1.82, 2.24) is 8.87 Å². The lowest BCUT2D eigenvalue weighted by atomic mass is 9.84. The summed E-state index contributed by atoms with van der Waals surface area (Å²) < 4.78 is 27.3. The standard InChI is InChI=1S/C19H22N2O3S2/c1-25-16-5-3-14(4-6-16)17-7-8-18-15-9-13(11-21(18)19(17)22)10-20(12-15)26(2,23)24/h3-8,13,15H,9-12H2,1-2H3. The molecule has 1 aromatic carbocycles. The number of hydrogen-bond donors (Lipinski definition) is 0. The zero-order valence-corrected chi connectivity index (χ0v) is 16.5. The molecule has 5 nitrogen and oxygen atoms in total. The maximum absolute atomic E-state index is 13.1. The molecule has 1 fully saturated rings. The number of sulfonamides is 1. The van der Waals surface area contributed by atoms with Gasteiger partial charge in [0.2, 0.25) is 10.0 Å². The van der Waals surface area contributed by atoms with Crippen LogP contribution in [0.5, 0.6) is 0 Å². The predicted molar refractivity (Wildman–Crippen MR) is 105 cm³/mol. The molecule has 0 saturated carbocycles. The van der Waals surface area contributed by atoms with Gasteiger partial charge < -0.3 is 4.57 Å². The number of nitrogens with zero attached hydrogens (tertiary/aromatic N) is 2. The molecule has 2 aliphatic rings. The fourth-order valence-corrected chi connectivity index (χ4v) is 5.50. The summed E-state index contributed by atoms with van der Waals surface area (Å²) in [5, 5.41) is 0. The highest BCUT2D eigenvalue weighted by Gasteiger charge is 2.37. The van der Waals surface area contributed by atoms with Crippen molar-refractivity contribution < 1.29 is 8.42 Å². The van der Waals surface area contributed by atoms with Gasteiger partial charge in [-0.15, -0.1) is 11.8 Å². The molecule has 2 unspecified atom stereocenters. The minimum atomic E-state index is -3.19. The number of benzene rings is 1. The van der Waals surface area contributed by atoms with Crippen molar-refractivity contribution in [1.29, 1.82) is 0 Å². The summed E-state index contributed by atoms with van der Waals surface area (Å²) in [6.07, 6.45) is 4.25. The van der Waals surface area contributed by atoms with Crippen LogP contribution in [0, 0.1) is 5.92 Å². The molecule has 138 valence electrons. The molecule has 2 atom stereocenters. The number of pyridine rings is 1. The smallest absolute Gasteiger partial charge is 0.258 e. The highest BCUT2D eigenvalue weighted by atomic mass is 32.2. The SMILES string of the molecule is CSc1ccc(-c2ccc3n(c2=O)CC2CC3CN(S(C)(=O)=O)C2)cc1. The third-order valence-corrected chi connectivity index (χ3v) is 7.42. The number of rotatable bonds is 3. The maximum Gasteiger partial charge on any atom is 0.258 e. The molecule has 0 radical (unpaired) electrons. The molecule has 0 amide bonds. The number of aromatic nitrogens is 1. The van der Waals surface area contributed by atoms with Crippen molar-refractivity contribution in [3.8, 4) is 11.1 Å². The topological polar surface area (TPSA) is 59.4 Å². The van der Waals surface area contributed by atoms with Gasteiger partial charge in [-0.05, 0) is 48.4 Å². The van der Waals surface area contributed by atoms with Gasteiger partial charge in [-0.3, -0.25) is 4.79 Å². The zero-order chi connectivity index (χ0) is 18.5. The predicted octanol–water partition coefficient (Wildman–Crippen LogP) is 2.62. The minimum absolute atomic E-state index is 0.0295. The van der Waals surface area contributed by atoms with E-state index in [2.05, 4.69) is 0 Å². The second-order valence-corrected chi connectivity index (χ2v) is 10.1. The Morgan fingerprint density at radius 2 is 1.77 bits per heavy atom. The molecule has 3 heterocycles. The lowest BCUT2D eigenvalue weighted by molar-refractivity contribution is 0.187. The molecule has 4 rings (SSSR count). The lowest BCUT2D eigenvalue weighted by Crippen LogP contribution is -2.48. The maximum atomic E-state index is 13.1. The van der Waals surface area contributed by atoms with Crippen LogP contribution in [0.15, 0.2) is 46.1 Å². The molecule has 0 aliphatic carbocycles. The molecular formula is C19H22N2O3S2. The summed E-state index contributed by atoms with van der Waals surface area (Å²) in [6, 6.07) is 11.9. The molecule has 7 heteroatoms. The first kappa shape index (κ1) is 17.8. The van der Waals surface area contributed by atoms with Crippen molar-refractivity contribution in [2.75, 3.05) is 25.6 Å². The molecule has 2 bridgehead atoms. The summed E-state index contributed by atoms with van der Waals surface area (Å²) >= 11 is 1.68. The van der Waals surface area contributed by atoms with E-state index in [9.17, 15) is 13.2 Å². The molecule has 2 aliphatic heterocycles. The normalized spacial score (nSPS) is 22.8. The molecule has 0 spiro atoms. The van der Waals surface area contributed by atoms with Crippen LogP contribution < -0.4 is 5.56 Å². The van der Waals surface area contributed by atoms with Gasteiger partial charge in [0.15, 0.2) is 0 Å². The van der Waals surface area contributed by atoms with Crippen LogP contribution in [0.2, 0.25) is 0 Å². The van der Waals surface area contributed by atoms with E-state index in [4.69, 9.17) is 0 Å². The van der Waals surface area contributed by atoms with Crippen molar-refractivity contribution >= 4 is 21.8 Å². The third-order valence-electron chi connectivity index (χ3n) is 5.44. The second kappa shape index (κ2) is 6.55. The van der Waals surface area contributed by atoms with Gasteiger partial charge in [0.1, 0.15) is 0 Å². The third kappa shape index (κ3) is 3.12. The quantitative estimate of drug-likeness (QED) is 0.756. The highest BCUT2D eigenvalue weighted by Crippen LogP contribution is 2.36. The Morgan fingerprint density at radius 3 is 2.42 bits per heavy atom. The average molecular weight is 391 g/mol. The zero-order valence-electron chi connectivity index (χ0n) is 14.9. The Hall–Kier alpha value is -1.57. The monoisotopic (exact) mass is 390 g/mol. The highest BCUT2D eigenvalue weighted by molar-refractivity contribution is 7.98. The molecule has 1 aromatic heterocycles. The Labute approximate surface area is 158 Å². The van der Waals surface area contributed by atoms with Gasteiger partial charge in [-0.2, -0.15) is 0 Å². The summed E-state index contributed by atoms with van der Waals surface area (Å²) in [4.78, 5) is 14.3. The Balaban J connectivity index is 1.73. The average Bonchev–Trinajstić information content (AvgIpc) is 2.62. The van der Waals surface area contributed by atoms with Crippen molar-refractivity contribution in [3.05, 3.63) is 52.4 Å². The van der Waals surface area contributed by atoms with Gasteiger partial charge in [-0.25, -0.2) is 12.7 Å². The fourth-order valence-electron chi connectivity index (χ4n) is 4.16. The summed E-state index contributed by atoms with van der Waals surface area (Å²) in [6.45, 7) is 1.57. The number of hydrogen-bond acceptors (Lipinski definition) is 4. The first-order valence-corrected chi connectivity index (χ1v) is 11.8. The van der Waals surface area contributed by atoms with Crippen LogP contribution in [0.25, 0.3) is 11.1 Å². The van der Waals surface area contributed by atoms with E-state index in [-0.39, 0.29) is 17.4 Å². The van der Waals surface area contributed by atoms with Gasteiger partial charge in [0.05, 0.1) is 6.26 Å². The van der Waals surface area contributed by atoms with Crippen LogP contribution in [0.3, 0.4) is 0 Å². The number of piperidine rings is 1. The molecule has 26 heavy (non-hydrogen) atoms. The first-order valence-electron chi connectivity index (χ1n) is 8.70. The van der Waals surface area contributed by atoms with Crippen LogP contribution in [-0.4, -0.2) is 42.9 Å². The van der Waals surface area contributed by atoms with Crippen LogP contribution in [0.4, 0.5) is 0 Å². The van der Waals surface area contributed by atoms with Crippen molar-refractivity contribution in [2.45, 2.75) is 23.8 Å². The van der Waals surface area contributed by atoms with E-state index < -0.39 is 10.0 Å². The van der Waals surface area contributed by atoms with Gasteiger partial charge >= 0.3 is 0 Å². The summed E-state index contributed by atoms with van der Waals surface area (Å²) in [7, 11) is -3.19. The van der Waals surface area contributed by atoms with Crippen LogP contribution in [0.1, 0.15) is 18.0 Å². The van der Waals surface area contributed by atoms with Crippen LogP contribution >= 0.6 is 11.8 Å². The van der Waals surface area contributed by atoms with Crippen LogP contribution in [-0.2, 0) is 16.6 Å². The van der Waals surface area contributed by atoms with Gasteiger partial charge in [-0.1, -0.05) is 12.1 Å². The van der Waals surface area contributed by atoms with E-state index in [1.165, 1.54) is 11.2 Å². The molecular weight excluding hydrogens is 368 g/mol. The largest absolute Gasteiger partial charge is 0.311 e. The summed E-state index contributed by atoms with van der Waals surface area (Å²) in [5.41, 5.74) is 2.63. The minimum Gasteiger partial charge on any atom is -0.311 e. The Morgan fingerprint density at radius 1 is 1.04 bits per heavy atom. The number of thioether (sulfide) groups is 1. The van der Waals surface area contributed by atoms with Crippen molar-refractivity contribution in [3.63, 3.8) is 0 Å². The molecule has 2 aromatic rings. The van der Waals surface area contributed by atoms with Gasteiger partial charge in [0, 0.05) is 41.7 Å². The summed E-state index contributed by atoms with van der Waals surface area (Å²) in [5.74, 6) is 0.292. The van der Waals surface area contributed by atoms with E-state index in [0.29, 0.717) is 25.2 Å². The Kier molecular flexibility index (Phi) is 4.49. The van der Waals surface area contributed by atoms with Gasteiger partial charge in [0.25, 0.3) is 5.56 Å². The van der Waals surface area contributed by atoms with E-state index in [1.54, 1.807) is 16.1 Å². The number of fused-ring (bicyclic) bond motifs is 4. The molecule has 0 N–H and O–H groups in total. The van der Waals surface area contributed by atoms with E-state index >= 15 is 0 Å². The second-order valence-electron chi connectivity index (χ2n) is 7.19. The Bertz CT molecular complexity index is 996.